The lowest BCUT2D eigenvalue weighted by Gasteiger charge is -2.09. The van der Waals surface area contributed by atoms with Crippen LogP contribution in [0, 0.1) is 6.92 Å². The van der Waals surface area contributed by atoms with Gasteiger partial charge in [-0.1, -0.05) is 11.6 Å². The first-order valence-electron chi connectivity index (χ1n) is 8.35. The van der Waals surface area contributed by atoms with Gasteiger partial charge in [0.15, 0.2) is 0 Å². The van der Waals surface area contributed by atoms with Crippen molar-refractivity contribution in [1.29, 1.82) is 0 Å². The van der Waals surface area contributed by atoms with E-state index in [0.29, 0.717) is 22.2 Å². The summed E-state index contributed by atoms with van der Waals surface area (Å²) in [5.41, 5.74) is 3.52. The molecule has 2 aromatic carbocycles. The Balaban J connectivity index is 1.70. The molecule has 0 aliphatic heterocycles. The predicted octanol–water partition coefficient (Wildman–Crippen LogP) is 4.34. The van der Waals surface area contributed by atoms with Gasteiger partial charge in [0, 0.05) is 23.5 Å². The number of rotatable bonds is 3. The van der Waals surface area contributed by atoms with E-state index in [1.54, 1.807) is 19.2 Å². The second-order valence-electron chi connectivity index (χ2n) is 6.26. The number of anilines is 1. The SMILES string of the molecule is COc1ccc2cc(C(=O)Nc3nc4cc(Cl)ccc4n3C)c(C)nc2c1. The molecule has 0 unspecified atom stereocenters. The number of ether oxygens (including phenoxy) is 1. The summed E-state index contributed by atoms with van der Waals surface area (Å²) < 4.78 is 7.05. The molecule has 0 fully saturated rings. The number of aryl methyl sites for hydroxylation is 2. The van der Waals surface area contributed by atoms with Gasteiger partial charge in [0.05, 0.1) is 34.9 Å². The molecule has 0 saturated heterocycles. The van der Waals surface area contributed by atoms with E-state index in [1.165, 1.54) is 0 Å². The molecule has 0 aliphatic carbocycles. The molecule has 0 saturated carbocycles. The Morgan fingerprint density at radius 3 is 2.70 bits per heavy atom. The summed E-state index contributed by atoms with van der Waals surface area (Å²) in [7, 11) is 3.45. The maximum Gasteiger partial charge on any atom is 0.259 e. The Kier molecular flexibility index (Phi) is 4.20. The van der Waals surface area contributed by atoms with Crippen LogP contribution in [0.1, 0.15) is 16.1 Å². The van der Waals surface area contributed by atoms with Crippen LogP contribution in [0.25, 0.3) is 21.9 Å². The van der Waals surface area contributed by atoms with E-state index in [1.807, 2.05) is 48.9 Å². The van der Waals surface area contributed by atoms with Crippen molar-refractivity contribution in [1.82, 2.24) is 14.5 Å². The van der Waals surface area contributed by atoms with Crippen LogP contribution < -0.4 is 10.1 Å². The molecule has 0 atom stereocenters. The molecule has 2 heterocycles. The highest BCUT2D eigenvalue weighted by Gasteiger charge is 2.16. The van der Waals surface area contributed by atoms with Crippen molar-refractivity contribution >= 4 is 45.4 Å². The van der Waals surface area contributed by atoms with Gasteiger partial charge in [0.25, 0.3) is 5.91 Å². The monoisotopic (exact) mass is 380 g/mol. The van der Waals surface area contributed by atoms with E-state index in [0.717, 1.165) is 27.7 Å². The molecular weight excluding hydrogens is 364 g/mol. The molecule has 7 heteroatoms. The number of amides is 1. The van der Waals surface area contributed by atoms with Crippen molar-refractivity contribution in [3.05, 3.63) is 58.7 Å². The van der Waals surface area contributed by atoms with Crippen LogP contribution in [0.15, 0.2) is 42.5 Å². The van der Waals surface area contributed by atoms with Gasteiger partial charge in [-0.25, -0.2) is 4.98 Å². The van der Waals surface area contributed by atoms with Gasteiger partial charge in [0.1, 0.15) is 5.75 Å². The quantitative estimate of drug-likeness (QED) is 0.574. The van der Waals surface area contributed by atoms with Crippen LogP contribution in [-0.2, 0) is 7.05 Å². The van der Waals surface area contributed by atoms with E-state index in [2.05, 4.69) is 15.3 Å². The summed E-state index contributed by atoms with van der Waals surface area (Å²) in [6.07, 6.45) is 0. The standard InChI is InChI=1S/C20H17ClN4O2/c1-11-15(8-12-4-6-14(27-3)10-16(12)22-11)19(26)24-20-23-17-9-13(21)5-7-18(17)25(20)2/h4-10H,1-3H3,(H,23,24,26). The third kappa shape index (κ3) is 3.08. The summed E-state index contributed by atoms with van der Waals surface area (Å²) in [5, 5.41) is 4.33. The molecular formula is C20H17ClN4O2. The number of pyridine rings is 1. The van der Waals surface area contributed by atoms with Crippen LogP contribution in [0.4, 0.5) is 5.95 Å². The minimum Gasteiger partial charge on any atom is -0.497 e. The molecule has 0 bridgehead atoms. The number of aromatic nitrogens is 3. The predicted molar refractivity (Wildman–Crippen MR) is 107 cm³/mol. The molecule has 0 spiro atoms. The summed E-state index contributed by atoms with van der Waals surface area (Å²) in [6, 6.07) is 12.8. The van der Waals surface area contributed by atoms with Gasteiger partial charge < -0.3 is 9.30 Å². The van der Waals surface area contributed by atoms with E-state index in [-0.39, 0.29) is 5.91 Å². The van der Waals surface area contributed by atoms with Gasteiger partial charge in [-0.15, -0.1) is 0 Å². The number of benzene rings is 2. The first kappa shape index (κ1) is 17.3. The molecule has 136 valence electrons. The van der Waals surface area contributed by atoms with E-state index in [9.17, 15) is 4.79 Å². The van der Waals surface area contributed by atoms with E-state index >= 15 is 0 Å². The molecule has 0 radical (unpaired) electrons. The zero-order valence-corrected chi connectivity index (χ0v) is 15.8. The molecule has 6 nitrogen and oxygen atoms in total. The van der Waals surface area contributed by atoms with Gasteiger partial charge in [-0.3, -0.25) is 15.1 Å². The largest absolute Gasteiger partial charge is 0.497 e. The van der Waals surface area contributed by atoms with Crippen molar-refractivity contribution in [2.75, 3.05) is 12.4 Å². The van der Waals surface area contributed by atoms with E-state index < -0.39 is 0 Å². The Hall–Kier alpha value is -3.12. The Morgan fingerprint density at radius 2 is 1.93 bits per heavy atom. The summed E-state index contributed by atoms with van der Waals surface area (Å²) in [5.74, 6) is 0.915. The molecule has 4 rings (SSSR count). The van der Waals surface area contributed by atoms with Crippen molar-refractivity contribution in [2.45, 2.75) is 6.92 Å². The highest BCUT2D eigenvalue weighted by Crippen LogP contribution is 2.24. The lowest BCUT2D eigenvalue weighted by molar-refractivity contribution is 0.102. The number of imidazole rings is 1. The molecule has 2 aromatic heterocycles. The fourth-order valence-electron chi connectivity index (χ4n) is 3.05. The average molecular weight is 381 g/mol. The first-order valence-corrected chi connectivity index (χ1v) is 8.73. The fraction of sp³-hybridized carbons (Fsp3) is 0.150. The van der Waals surface area contributed by atoms with Crippen LogP contribution in [-0.4, -0.2) is 27.6 Å². The minimum absolute atomic E-state index is 0.262. The number of nitrogens with zero attached hydrogens (tertiary/aromatic N) is 3. The molecule has 4 aromatic rings. The van der Waals surface area contributed by atoms with Crippen LogP contribution in [0.2, 0.25) is 5.02 Å². The number of methoxy groups -OCH3 is 1. The fourth-order valence-corrected chi connectivity index (χ4v) is 3.22. The summed E-state index contributed by atoms with van der Waals surface area (Å²) in [6.45, 7) is 1.81. The lowest BCUT2D eigenvalue weighted by Crippen LogP contribution is -2.16. The molecule has 1 amide bonds. The summed E-state index contributed by atoms with van der Waals surface area (Å²) in [4.78, 5) is 21.8. The summed E-state index contributed by atoms with van der Waals surface area (Å²) >= 11 is 6.03. The van der Waals surface area contributed by atoms with Gasteiger partial charge in [-0.2, -0.15) is 0 Å². The van der Waals surface area contributed by atoms with Crippen LogP contribution in [0.5, 0.6) is 5.75 Å². The van der Waals surface area contributed by atoms with Crippen LogP contribution in [0.3, 0.4) is 0 Å². The van der Waals surface area contributed by atoms with Gasteiger partial charge >= 0.3 is 0 Å². The van der Waals surface area contributed by atoms with Crippen molar-refractivity contribution in [2.24, 2.45) is 7.05 Å². The maximum atomic E-state index is 12.8. The zero-order valence-electron chi connectivity index (χ0n) is 15.1. The van der Waals surface area contributed by atoms with Gasteiger partial charge in [0.2, 0.25) is 5.95 Å². The highest BCUT2D eigenvalue weighted by atomic mass is 35.5. The van der Waals surface area contributed by atoms with Crippen molar-refractivity contribution in [3.63, 3.8) is 0 Å². The number of nitrogens with one attached hydrogen (secondary N) is 1. The third-order valence-corrected chi connectivity index (χ3v) is 4.76. The smallest absolute Gasteiger partial charge is 0.259 e. The van der Waals surface area contributed by atoms with Gasteiger partial charge in [-0.05, 0) is 43.3 Å². The number of hydrogen-bond donors (Lipinski definition) is 1. The number of halogens is 1. The van der Waals surface area contributed by atoms with Crippen molar-refractivity contribution < 1.29 is 9.53 Å². The molecule has 27 heavy (non-hydrogen) atoms. The average Bonchev–Trinajstić information content (AvgIpc) is 2.95. The Morgan fingerprint density at radius 1 is 1.11 bits per heavy atom. The van der Waals surface area contributed by atoms with Crippen LogP contribution >= 0.6 is 11.6 Å². The number of carbonyl (C=O) groups is 1. The first-order chi connectivity index (χ1) is 13.0. The molecule has 0 aliphatic rings. The molecule has 1 N–H and O–H groups in total. The number of carbonyl (C=O) groups excluding carboxylic acids is 1. The third-order valence-electron chi connectivity index (χ3n) is 4.53. The normalized spacial score (nSPS) is 11.1. The zero-order chi connectivity index (χ0) is 19.1. The van der Waals surface area contributed by atoms with Crippen molar-refractivity contribution in [3.8, 4) is 5.75 Å². The minimum atomic E-state index is -0.262. The maximum absolute atomic E-state index is 12.8. The Bertz CT molecular complexity index is 1200. The number of fused-ring (bicyclic) bond motifs is 2. The second-order valence-corrected chi connectivity index (χ2v) is 6.70. The highest BCUT2D eigenvalue weighted by molar-refractivity contribution is 6.31. The lowest BCUT2D eigenvalue weighted by atomic mass is 10.1. The van der Waals surface area contributed by atoms with E-state index in [4.69, 9.17) is 16.3 Å². The second kappa shape index (κ2) is 6.55. The Labute approximate surface area is 160 Å². The number of hydrogen-bond acceptors (Lipinski definition) is 4. The topological polar surface area (TPSA) is 69.0 Å².